The number of halogens is 1. The molecule has 18 heavy (non-hydrogen) atoms. The van der Waals surface area contributed by atoms with E-state index in [2.05, 4.69) is 5.32 Å². The zero-order valence-electron chi connectivity index (χ0n) is 11.0. The Balaban J connectivity index is 2.08. The van der Waals surface area contributed by atoms with Crippen molar-refractivity contribution in [3.8, 4) is 0 Å². The fraction of sp³-hybridized carbons (Fsp3) is 0.600. The number of hydrogen-bond donors (Lipinski definition) is 2. The van der Waals surface area contributed by atoms with Gasteiger partial charge < -0.3 is 10.4 Å². The maximum Gasteiger partial charge on any atom is 0.126 e. The molecule has 1 heterocycles. The lowest BCUT2D eigenvalue weighted by atomic mass is 9.86. The quantitative estimate of drug-likeness (QED) is 0.865. The van der Waals surface area contributed by atoms with Gasteiger partial charge in [-0.3, -0.25) is 0 Å². The summed E-state index contributed by atoms with van der Waals surface area (Å²) in [5.41, 5.74) is -0.305. The van der Waals surface area contributed by atoms with Gasteiger partial charge in [0, 0.05) is 12.5 Å². The van der Waals surface area contributed by atoms with Crippen LogP contribution in [0, 0.1) is 5.82 Å². The van der Waals surface area contributed by atoms with Gasteiger partial charge in [0.1, 0.15) is 5.82 Å². The Hall–Kier alpha value is -0.930. The highest BCUT2D eigenvalue weighted by Gasteiger charge is 2.32. The monoisotopic (exact) mass is 251 g/mol. The van der Waals surface area contributed by atoms with Gasteiger partial charge in [-0.05, 0) is 37.9 Å². The molecule has 0 aliphatic carbocycles. The molecule has 0 aromatic heterocycles. The molecule has 0 amide bonds. The lowest BCUT2D eigenvalue weighted by molar-refractivity contribution is 0.0174. The molecule has 1 aliphatic heterocycles. The molecule has 100 valence electrons. The number of rotatable bonds is 3. The molecular weight excluding hydrogens is 229 g/mol. The molecule has 3 heteroatoms. The van der Waals surface area contributed by atoms with Gasteiger partial charge in [0.15, 0.2) is 0 Å². The van der Waals surface area contributed by atoms with Crippen molar-refractivity contribution < 1.29 is 9.50 Å². The summed E-state index contributed by atoms with van der Waals surface area (Å²) in [6.07, 6.45) is 4.81. The second kappa shape index (κ2) is 5.81. The Bertz CT molecular complexity index is 384. The molecule has 1 aliphatic rings. The van der Waals surface area contributed by atoms with Crippen LogP contribution in [0.1, 0.15) is 38.2 Å². The predicted octanol–water partition coefficient (Wildman–Crippen LogP) is 2.65. The molecule has 0 radical (unpaired) electrons. The van der Waals surface area contributed by atoms with Gasteiger partial charge in [-0.15, -0.1) is 0 Å². The first-order chi connectivity index (χ1) is 8.59. The van der Waals surface area contributed by atoms with E-state index in [9.17, 15) is 9.50 Å². The Morgan fingerprint density at radius 1 is 1.33 bits per heavy atom. The van der Waals surface area contributed by atoms with E-state index in [1.807, 2.05) is 13.0 Å². The van der Waals surface area contributed by atoms with Crippen molar-refractivity contribution in [1.29, 1.82) is 0 Å². The molecule has 1 aromatic rings. The van der Waals surface area contributed by atoms with Gasteiger partial charge in [-0.25, -0.2) is 4.39 Å². The maximum atomic E-state index is 13.6. The van der Waals surface area contributed by atoms with Gasteiger partial charge >= 0.3 is 0 Å². The molecule has 1 fully saturated rings. The maximum absolute atomic E-state index is 13.6. The van der Waals surface area contributed by atoms with Crippen LogP contribution >= 0.6 is 0 Å². The van der Waals surface area contributed by atoms with Crippen molar-refractivity contribution in [2.75, 3.05) is 6.54 Å². The summed E-state index contributed by atoms with van der Waals surface area (Å²) < 4.78 is 13.6. The molecule has 1 saturated heterocycles. The fourth-order valence-electron chi connectivity index (χ4n) is 2.71. The van der Waals surface area contributed by atoms with Crippen molar-refractivity contribution in [2.45, 2.75) is 50.7 Å². The zero-order chi connectivity index (χ0) is 13.0. The van der Waals surface area contributed by atoms with Crippen LogP contribution < -0.4 is 5.32 Å². The SMILES string of the molecule is CC(O)(Cc1ccccc1F)C1CCCCCN1. The van der Waals surface area contributed by atoms with E-state index >= 15 is 0 Å². The van der Waals surface area contributed by atoms with Crippen LogP contribution in [-0.2, 0) is 6.42 Å². The highest BCUT2D eigenvalue weighted by molar-refractivity contribution is 5.20. The highest BCUT2D eigenvalue weighted by Crippen LogP contribution is 2.24. The van der Waals surface area contributed by atoms with Crippen LogP contribution in [0.15, 0.2) is 24.3 Å². The summed E-state index contributed by atoms with van der Waals surface area (Å²) in [6.45, 7) is 2.75. The molecular formula is C15H22FNO. The number of nitrogens with one attached hydrogen (secondary N) is 1. The first kappa shape index (κ1) is 13.5. The standard InChI is InChI=1S/C15H22FNO/c1-15(18,14-9-3-2-6-10-17-14)11-12-7-4-5-8-13(12)16/h4-5,7-8,14,17-18H,2-3,6,9-11H2,1H3. The Morgan fingerprint density at radius 3 is 2.89 bits per heavy atom. The van der Waals surface area contributed by atoms with Crippen molar-refractivity contribution in [2.24, 2.45) is 0 Å². The van der Waals surface area contributed by atoms with E-state index in [0.29, 0.717) is 12.0 Å². The van der Waals surface area contributed by atoms with Gasteiger partial charge in [0.05, 0.1) is 5.60 Å². The molecule has 0 bridgehead atoms. The Labute approximate surface area is 108 Å². The molecule has 0 saturated carbocycles. The van der Waals surface area contributed by atoms with E-state index in [1.165, 1.54) is 12.5 Å². The molecule has 1 aromatic carbocycles. The van der Waals surface area contributed by atoms with Crippen LogP contribution in [0.2, 0.25) is 0 Å². The van der Waals surface area contributed by atoms with Crippen molar-refractivity contribution in [1.82, 2.24) is 5.32 Å². The first-order valence-corrected chi connectivity index (χ1v) is 6.79. The minimum Gasteiger partial charge on any atom is -0.388 e. The average molecular weight is 251 g/mol. The summed E-state index contributed by atoms with van der Waals surface area (Å²) in [5, 5.41) is 14.0. The third-order valence-corrected chi connectivity index (χ3v) is 3.82. The minimum absolute atomic E-state index is 0.0552. The minimum atomic E-state index is -0.896. The van der Waals surface area contributed by atoms with E-state index in [-0.39, 0.29) is 11.9 Å². The average Bonchev–Trinajstić information content (AvgIpc) is 2.61. The fourth-order valence-corrected chi connectivity index (χ4v) is 2.71. The smallest absolute Gasteiger partial charge is 0.126 e. The first-order valence-electron chi connectivity index (χ1n) is 6.79. The number of benzene rings is 1. The predicted molar refractivity (Wildman–Crippen MR) is 71.0 cm³/mol. The lowest BCUT2D eigenvalue weighted by Crippen LogP contribution is -2.50. The van der Waals surface area contributed by atoms with E-state index in [1.54, 1.807) is 12.1 Å². The van der Waals surface area contributed by atoms with Crippen molar-refractivity contribution >= 4 is 0 Å². The highest BCUT2D eigenvalue weighted by atomic mass is 19.1. The summed E-state index contributed by atoms with van der Waals surface area (Å²) in [6, 6.07) is 6.75. The summed E-state index contributed by atoms with van der Waals surface area (Å²) >= 11 is 0. The second-order valence-corrected chi connectivity index (χ2v) is 5.48. The normalized spacial score (nSPS) is 24.3. The molecule has 2 atom stereocenters. The Kier molecular flexibility index (Phi) is 4.36. The van der Waals surface area contributed by atoms with Crippen LogP contribution in [0.5, 0.6) is 0 Å². The lowest BCUT2D eigenvalue weighted by Gasteiger charge is -2.33. The zero-order valence-corrected chi connectivity index (χ0v) is 11.0. The summed E-state index contributed by atoms with van der Waals surface area (Å²) in [4.78, 5) is 0. The largest absolute Gasteiger partial charge is 0.388 e. The van der Waals surface area contributed by atoms with Crippen LogP contribution in [0.4, 0.5) is 4.39 Å². The van der Waals surface area contributed by atoms with Gasteiger partial charge in [0.2, 0.25) is 0 Å². The molecule has 2 N–H and O–H groups in total. The molecule has 2 nitrogen and oxygen atoms in total. The van der Waals surface area contributed by atoms with Crippen LogP contribution in [-0.4, -0.2) is 23.3 Å². The van der Waals surface area contributed by atoms with Gasteiger partial charge in [0.25, 0.3) is 0 Å². The number of aliphatic hydroxyl groups is 1. The van der Waals surface area contributed by atoms with Crippen molar-refractivity contribution in [3.63, 3.8) is 0 Å². The third kappa shape index (κ3) is 3.30. The molecule has 0 spiro atoms. The van der Waals surface area contributed by atoms with Gasteiger partial charge in [-0.1, -0.05) is 31.0 Å². The van der Waals surface area contributed by atoms with E-state index in [4.69, 9.17) is 0 Å². The second-order valence-electron chi connectivity index (χ2n) is 5.48. The van der Waals surface area contributed by atoms with Crippen LogP contribution in [0.3, 0.4) is 0 Å². The number of hydrogen-bond acceptors (Lipinski definition) is 2. The van der Waals surface area contributed by atoms with Gasteiger partial charge in [-0.2, -0.15) is 0 Å². The third-order valence-electron chi connectivity index (χ3n) is 3.82. The summed E-state index contributed by atoms with van der Waals surface area (Å²) in [5.74, 6) is -0.230. The topological polar surface area (TPSA) is 32.3 Å². The van der Waals surface area contributed by atoms with E-state index in [0.717, 1.165) is 25.8 Å². The Morgan fingerprint density at radius 2 is 2.11 bits per heavy atom. The van der Waals surface area contributed by atoms with Crippen LogP contribution in [0.25, 0.3) is 0 Å². The molecule has 2 rings (SSSR count). The molecule has 2 unspecified atom stereocenters. The van der Waals surface area contributed by atoms with Crippen molar-refractivity contribution in [3.05, 3.63) is 35.6 Å². The summed E-state index contributed by atoms with van der Waals surface area (Å²) in [7, 11) is 0. The van der Waals surface area contributed by atoms with E-state index < -0.39 is 5.60 Å².